The van der Waals surface area contributed by atoms with Crippen LogP contribution in [0.5, 0.6) is 0 Å². The number of ether oxygens (including phenoxy) is 1. The van der Waals surface area contributed by atoms with E-state index in [1.165, 1.54) is 11.1 Å². The molecule has 100 valence electrons. The minimum absolute atomic E-state index is 0.0512. The lowest BCUT2D eigenvalue weighted by Gasteiger charge is -2.28. The molecule has 0 unspecified atom stereocenters. The van der Waals surface area contributed by atoms with E-state index in [2.05, 4.69) is 12.1 Å². The van der Waals surface area contributed by atoms with Crippen molar-refractivity contribution in [3.05, 3.63) is 35.4 Å². The van der Waals surface area contributed by atoms with E-state index in [0.29, 0.717) is 6.54 Å². The number of hydrogen-bond donors (Lipinski definition) is 1. The van der Waals surface area contributed by atoms with Crippen molar-refractivity contribution >= 4 is 6.09 Å². The highest BCUT2D eigenvalue weighted by Crippen LogP contribution is 2.19. The van der Waals surface area contributed by atoms with Gasteiger partial charge in [-0.15, -0.1) is 0 Å². The van der Waals surface area contributed by atoms with E-state index in [4.69, 9.17) is 9.84 Å². The molecule has 0 saturated carbocycles. The first-order chi connectivity index (χ1) is 8.66. The van der Waals surface area contributed by atoms with Gasteiger partial charge in [0, 0.05) is 20.2 Å². The lowest BCUT2D eigenvalue weighted by molar-refractivity contribution is 0.0730. The van der Waals surface area contributed by atoms with Crippen LogP contribution in [0.1, 0.15) is 25.0 Å². The van der Waals surface area contributed by atoms with Crippen LogP contribution in [0.3, 0.4) is 0 Å². The van der Waals surface area contributed by atoms with Gasteiger partial charge in [-0.25, -0.2) is 4.79 Å². The highest BCUT2D eigenvalue weighted by atomic mass is 16.6. The molecular formula is C14H21NO3. The topological polar surface area (TPSA) is 49.8 Å². The quantitative estimate of drug-likeness (QED) is 0.832. The summed E-state index contributed by atoms with van der Waals surface area (Å²) in [5.41, 5.74) is 2.57. The maximum atomic E-state index is 11.7. The fourth-order valence-electron chi connectivity index (χ4n) is 1.93. The van der Waals surface area contributed by atoms with Crippen molar-refractivity contribution in [1.29, 1.82) is 0 Å². The lowest BCUT2D eigenvalue weighted by Crippen LogP contribution is -2.37. The summed E-state index contributed by atoms with van der Waals surface area (Å²) in [5.74, 6) is 0. The molecule has 0 spiro atoms. The molecule has 1 aromatic carbocycles. The highest BCUT2D eigenvalue weighted by Gasteiger charge is 2.21. The molecular weight excluding hydrogens is 230 g/mol. The first kappa shape index (κ1) is 14.5. The van der Waals surface area contributed by atoms with E-state index in [0.717, 1.165) is 20.1 Å². The lowest BCUT2D eigenvalue weighted by atomic mass is 10.0. The molecule has 1 aliphatic heterocycles. The van der Waals surface area contributed by atoms with Crippen molar-refractivity contribution in [2.45, 2.75) is 32.9 Å². The van der Waals surface area contributed by atoms with Gasteiger partial charge in [-0.2, -0.15) is 0 Å². The van der Waals surface area contributed by atoms with Gasteiger partial charge in [-0.05, 0) is 31.4 Å². The molecule has 2 rings (SSSR count). The molecule has 1 amide bonds. The predicted octanol–water partition coefficient (Wildman–Crippen LogP) is 2.20. The molecule has 0 aromatic heterocycles. The second-order valence-electron chi connectivity index (χ2n) is 4.37. The number of benzene rings is 1. The molecule has 1 aromatic rings. The Morgan fingerprint density at radius 2 is 1.89 bits per heavy atom. The van der Waals surface area contributed by atoms with E-state index >= 15 is 0 Å². The van der Waals surface area contributed by atoms with Crippen LogP contribution in [-0.2, 0) is 17.7 Å². The predicted molar refractivity (Wildman–Crippen MR) is 70.3 cm³/mol. The van der Waals surface area contributed by atoms with Crippen LogP contribution in [0.2, 0.25) is 0 Å². The van der Waals surface area contributed by atoms with Gasteiger partial charge in [-0.3, -0.25) is 0 Å². The summed E-state index contributed by atoms with van der Waals surface area (Å²) in [4.78, 5) is 13.5. The molecule has 0 atom stereocenters. The summed E-state index contributed by atoms with van der Waals surface area (Å²) < 4.78 is 5.19. The molecule has 0 bridgehead atoms. The van der Waals surface area contributed by atoms with Crippen molar-refractivity contribution in [2.75, 3.05) is 13.7 Å². The van der Waals surface area contributed by atoms with Crippen LogP contribution in [0.15, 0.2) is 24.3 Å². The number of nitrogens with zero attached hydrogens (tertiary/aromatic N) is 1. The van der Waals surface area contributed by atoms with Crippen LogP contribution in [-0.4, -0.2) is 35.9 Å². The molecule has 0 radical (unpaired) electrons. The molecule has 1 N–H and O–H groups in total. The summed E-state index contributed by atoms with van der Waals surface area (Å²) >= 11 is 0. The van der Waals surface area contributed by atoms with Gasteiger partial charge < -0.3 is 14.7 Å². The van der Waals surface area contributed by atoms with Crippen LogP contribution in [0.4, 0.5) is 4.79 Å². The Kier molecular flexibility index (Phi) is 5.65. The van der Waals surface area contributed by atoms with Crippen LogP contribution in [0, 0.1) is 0 Å². The van der Waals surface area contributed by atoms with Gasteiger partial charge in [0.1, 0.15) is 0 Å². The first-order valence-electron chi connectivity index (χ1n) is 6.14. The third-order valence-corrected chi connectivity index (χ3v) is 2.73. The van der Waals surface area contributed by atoms with Crippen LogP contribution >= 0.6 is 0 Å². The van der Waals surface area contributed by atoms with Gasteiger partial charge in [0.15, 0.2) is 0 Å². The van der Waals surface area contributed by atoms with Crippen molar-refractivity contribution in [1.82, 2.24) is 4.90 Å². The average Bonchev–Trinajstić information content (AvgIpc) is 2.39. The number of carbonyl (C=O) groups excluding carboxylic acids is 1. The molecule has 1 heterocycles. The maximum absolute atomic E-state index is 11.7. The van der Waals surface area contributed by atoms with E-state index in [9.17, 15) is 4.79 Å². The number of aliphatic hydroxyl groups is 1. The summed E-state index contributed by atoms with van der Waals surface area (Å²) in [5, 5.41) is 7.00. The molecule has 0 saturated heterocycles. The number of rotatable bonds is 1. The molecule has 1 aliphatic rings. The van der Waals surface area contributed by atoms with E-state index in [1.807, 2.05) is 26.0 Å². The number of aliphatic hydroxyl groups excluding tert-OH is 1. The zero-order chi connectivity index (χ0) is 13.5. The van der Waals surface area contributed by atoms with Gasteiger partial charge in [0.25, 0.3) is 0 Å². The highest BCUT2D eigenvalue weighted by molar-refractivity contribution is 5.68. The summed E-state index contributed by atoms with van der Waals surface area (Å²) in [7, 11) is 1.00. The summed E-state index contributed by atoms with van der Waals surface area (Å²) in [6.45, 7) is 5.16. The largest absolute Gasteiger partial charge is 0.447 e. The first-order valence-corrected chi connectivity index (χ1v) is 6.14. The van der Waals surface area contributed by atoms with Gasteiger partial charge >= 0.3 is 6.09 Å². The maximum Gasteiger partial charge on any atom is 0.410 e. The smallest absolute Gasteiger partial charge is 0.410 e. The van der Waals surface area contributed by atoms with Gasteiger partial charge in [-0.1, -0.05) is 24.3 Å². The Morgan fingerprint density at radius 3 is 2.50 bits per heavy atom. The molecule has 4 heteroatoms. The Labute approximate surface area is 108 Å². The van der Waals surface area contributed by atoms with E-state index in [-0.39, 0.29) is 12.2 Å². The second kappa shape index (κ2) is 7.01. The summed E-state index contributed by atoms with van der Waals surface area (Å²) in [6.07, 6.45) is 0.665. The van der Waals surface area contributed by atoms with Crippen molar-refractivity contribution < 1.29 is 14.6 Å². The second-order valence-corrected chi connectivity index (χ2v) is 4.37. The monoisotopic (exact) mass is 251 g/mol. The Hall–Kier alpha value is -1.55. The average molecular weight is 251 g/mol. The zero-order valence-corrected chi connectivity index (χ0v) is 11.2. The summed E-state index contributed by atoms with van der Waals surface area (Å²) in [6, 6.07) is 8.25. The standard InChI is InChI=1S/C13H17NO2.CH4O/c1-10(2)16-13(15)14-8-7-11-5-3-4-6-12(11)9-14;1-2/h3-6,10H,7-9H2,1-2H3;2H,1H3. The minimum atomic E-state index is -0.204. The van der Waals surface area contributed by atoms with Crippen molar-refractivity contribution in [3.8, 4) is 0 Å². The molecule has 0 fully saturated rings. The zero-order valence-electron chi connectivity index (χ0n) is 11.2. The fourth-order valence-corrected chi connectivity index (χ4v) is 1.93. The minimum Gasteiger partial charge on any atom is -0.447 e. The Balaban J connectivity index is 0.000000771. The normalized spacial score (nSPS) is 13.5. The number of carbonyl (C=O) groups is 1. The molecule has 4 nitrogen and oxygen atoms in total. The fraction of sp³-hybridized carbons (Fsp3) is 0.500. The number of fused-ring (bicyclic) bond motifs is 1. The number of amides is 1. The Bertz CT molecular complexity index is 390. The van der Waals surface area contributed by atoms with E-state index in [1.54, 1.807) is 4.90 Å². The molecule has 0 aliphatic carbocycles. The van der Waals surface area contributed by atoms with Crippen molar-refractivity contribution in [2.24, 2.45) is 0 Å². The van der Waals surface area contributed by atoms with Crippen molar-refractivity contribution in [3.63, 3.8) is 0 Å². The Morgan fingerprint density at radius 1 is 1.28 bits per heavy atom. The van der Waals surface area contributed by atoms with Crippen LogP contribution < -0.4 is 0 Å². The SMILES string of the molecule is CC(C)OC(=O)N1CCc2ccccc2C1.CO. The van der Waals surface area contributed by atoms with E-state index < -0.39 is 0 Å². The third kappa shape index (κ3) is 3.74. The van der Waals surface area contributed by atoms with Gasteiger partial charge in [0.05, 0.1) is 6.10 Å². The van der Waals surface area contributed by atoms with Crippen LogP contribution in [0.25, 0.3) is 0 Å². The number of hydrogen-bond acceptors (Lipinski definition) is 3. The molecule has 18 heavy (non-hydrogen) atoms. The van der Waals surface area contributed by atoms with Gasteiger partial charge in [0.2, 0.25) is 0 Å². The third-order valence-electron chi connectivity index (χ3n) is 2.73.